The summed E-state index contributed by atoms with van der Waals surface area (Å²) in [6.07, 6.45) is 3.95. The van der Waals surface area contributed by atoms with E-state index in [2.05, 4.69) is 5.32 Å². The average Bonchev–Trinajstić information content (AvgIpc) is 2.50. The van der Waals surface area contributed by atoms with Crippen LogP contribution >= 0.6 is 0 Å². The maximum absolute atomic E-state index is 11.4. The molecule has 0 aromatic carbocycles. The fourth-order valence-electron chi connectivity index (χ4n) is 3.15. The second-order valence-corrected chi connectivity index (χ2v) is 4.77. The third-order valence-corrected chi connectivity index (χ3v) is 4.10. The molecule has 0 aromatic heterocycles. The summed E-state index contributed by atoms with van der Waals surface area (Å²) in [6, 6.07) is 0. The molecule has 5 heteroatoms. The molecule has 5 nitrogen and oxygen atoms in total. The first kappa shape index (κ1) is 10.3. The average molecular weight is 212 g/mol. The Bertz CT molecular complexity index is 310. The van der Waals surface area contributed by atoms with Crippen molar-refractivity contribution in [2.24, 2.45) is 16.6 Å². The van der Waals surface area contributed by atoms with E-state index in [1.165, 1.54) is 0 Å². The van der Waals surface area contributed by atoms with Crippen LogP contribution in [0.2, 0.25) is 0 Å². The minimum absolute atomic E-state index is 0.0152. The SMILES string of the molecule is NC(=O)C1(CNC(=O)O)CC12CCCC2. The van der Waals surface area contributed by atoms with Gasteiger partial charge in [-0.2, -0.15) is 0 Å². The zero-order chi connectivity index (χ0) is 11.1. The van der Waals surface area contributed by atoms with Crippen LogP contribution in [-0.2, 0) is 4.79 Å². The van der Waals surface area contributed by atoms with Gasteiger partial charge in [-0.05, 0) is 24.7 Å². The Labute approximate surface area is 88.0 Å². The molecular formula is C10H16N2O3. The van der Waals surface area contributed by atoms with Gasteiger partial charge in [0.2, 0.25) is 5.91 Å². The van der Waals surface area contributed by atoms with Crippen LogP contribution in [0.25, 0.3) is 0 Å². The topological polar surface area (TPSA) is 92.4 Å². The number of amides is 2. The number of primary amides is 1. The quantitative estimate of drug-likeness (QED) is 0.642. The van der Waals surface area contributed by atoms with Gasteiger partial charge in [-0.15, -0.1) is 0 Å². The lowest BCUT2D eigenvalue weighted by Gasteiger charge is -2.18. The lowest BCUT2D eigenvalue weighted by Crippen LogP contribution is -2.40. The van der Waals surface area contributed by atoms with E-state index in [0.29, 0.717) is 0 Å². The molecule has 2 aliphatic rings. The van der Waals surface area contributed by atoms with Crippen molar-refractivity contribution in [1.82, 2.24) is 5.32 Å². The number of carbonyl (C=O) groups excluding carboxylic acids is 1. The third kappa shape index (κ3) is 1.37. The normalized spacial score (nSPS) is 31.5. The molecule has 0 heterocycles. The van der Waals surface area contributed by atoms with E-state index < -0.39 is 11.5 Å². The van der Waals surface area contributed by atoms with Crippen molar-refractivity contribution in [2.45, 2.75) is 32.1 Å². The van der Waals surface area contributed by atoms with Crippen LogP contribution in [0.3, 0.4) is 0 Å². The van der Waals surface area contributed by atoms with Gasteiger partial charge >= 0.3 is 6.09 Å². The van der Waals surface area contributed by atoms with Gasteiger partial charge in [-0.25, -0.2) is 4.79 Å². The standard InChI is InChI=1S/C10H16N2O3/c11-7(13)10(6-12-8(14)15)5-9(10)3-1-2-4-9/h12H,1-6H2,(H2,11,13)(H,14,15). The number of carboxylic acid groups (broad SMARTS) is 1. The lowest BCUT2D eigenvalue weighted by molar-refractivity contribution is -0.124. The summed E-state index contributed by atoms with van der Waals surface area (Å²) in [5.74, 6) is -0.349. The number of hydrogen-bond donors (Lipinski definition) is 3. The number of carbonyl (C=O) groups is 2. The van der Waals surface area contributed by atoms with Crippen molar-refractivity contribution in [3.8, 4) is 0 Å². The molecule has 1 unspecified atom stereocenters. The molecule has 2 amide bonds. The molecule has 2 rings (SSSR count). The maximum Gasteiger partial charge on any atom is 0.404 e. The minimum atomic E-state index is -1.09. The fourth-order valence-corrected chi connectivity index (χ4v) is 3.15. The summed E-state index contributed by atoms with van der Waals surface area (Å²) in [7, 11) is 0. The van der Waals surface area contributed by atoms with Crippen LogP contribution in [0.1, 0.15) is 32.1 Å². The molecule has 2 aliphatic carbocycles. The predicted octanol–water partition coefficient (Wildman–Crippen LogP) is 0.690. The Morgan fingerprint density at radius 1 is 1.33 bits per heavy atom. The summed E-state index contributed by atoms with van der Waals surface area (Å²) in [6.45, 7) is 0.178. The number of nitrogens with two attached hydrogens (primary N) is 1. The molecule has 0 saturated heterocycles. The number of hydrogen-bond acceptors (Lipinski definition) is 2. The van der Waals surface area contributed by atoms with Crippen molar-refractivity contribution in [3.05, 3.63) is 0 Å². The summed E-state index contributed by atoms with van der Waals surface area (Å²) in [5, 5.41) is 10.9. The molecule has 0 bridgehead atoms. The highest BCUT2D eigenvalue weighted by Gasteiger charge is 2.70. The first-order valence-corrected chi connectivity index (χ1v) is 5.29. The molecule has 15 heavy (non-hydrogen) atoms. The van der Waals surface area contributed by atoms with E-state index in [0.717, 1.165) is 32.1 Å². The maximum atomic E-state index is 11.4. The minimum Gasteiger partial charge on any atom is -0.465 e. The molecule has 2 saturated carbocycles. The van der Waals surface area contributed by atoms with Crippen LogP contribution in [0.15, 0.2) is 0 Å². The predicted molar refractivity (Wildman–Crippen MR) is 53.2 cm³/mol. The highest BCUT2D eigenvalue weighted by molar-refractivity contribution is 5.86. The van der Waals surface area contributed by atoms with Gasteiger partial charge in [-0.1, -0.05) is 12.8 Å². The molecule has 1 spiro atoms. The first-order chi connectivity index (χ1) is 7.02. The largest absolute Gasteiger partial charge is 0.465 e. The summed E-state index contributed by atoms with van der Waals surface area (Å²) >= 11 is 0. The van der Waals surface area contributed by atoms with Crippen LogP contribution in [0.5, 0.6) is 0 Å². The van der Waals surface area contributed by atoms with E-state index in [4.69, 9.17) is 10.8 Å². The van der Waals surface area contributed by atoms with Crippen molar-refractivity contribution in [2.75, 3.05) is 6.54 Å². The van der Waals surface area contributed by atoms with E-state index in [1.54, 1.807) is 0 Å². The molecule has 4 N–H and O–H groups in total. The second kappa shape index (κ2) is 3.12. The Morgan fingerprint density at radius 3 is 2.40 bits per heavy atom. The van der Waals surface area contributed by atoms with Crippen molar-refractivity contribution in [3.63, 3.8) is 0 Å². The zero-order valence-corrected chi connectivity index (χ0v) is 8.58. The molecule has 0 aliphatic heterocycles. The lowest BCUT2D eigenvalue weighted by atomic mass is 9.90. The van der Waals surface area contributed by atoms with E-state index in [9.17, 15) is 9.59 Å². The van der Waals surface area contributed by atoms with Crippen LogP contribution < -0.4 is 11.1 Å². The van der Waals surface area contributed by atoms with Crippen LogP contribution in [0.4, 0.5) is 4.79 Å². The Hall–Kier alpha value is -1.26. The Morgan fingerprint density at radius 2 is 1.93 bits per heavy atom. The van der Waals surface area contributed by atoms with E-state index in [1.807, 2.05) is 0 Å². The molecule has 0 aromatic rings. The molecular weight excluding hydrogens is 196 g/mol. The van der Waals surface area contributed by atoms with Gasteiger partial charge in [0.25, 0.3) is 0 Å². The highest BCUT2D eigenvalue weighted by atomic mass is 16.4. The molecule has 1 atom stereocenters. The van der Waals surface area contributed by atoms with E-state index >= 15 is 0 Å². The smallest absolute Gasteiger partial charge is 0.404 e. The van der Waals surface area contributed by atoms with Crippen molar-refractivity contribution < 1.29 is 14.7 Å². The fraction of sp³-hybridized carbons (Fsp3) is 0.800. The zero-order valence-electron chi connectivity index (χ0n) is 8.58. The summed E-state index contributed by atoms with van der Waals surface area (Å²) in [5.41, 5.74) is 4.82. The molecule has 2 fully saturated rings. The second-order valence-electron chi connectivity index (χ2n) is 4.77. The molecule has 0 radical (unpaired) electrons. The van der Waals surface area contributed by atoms with Crippen molar-refractivity contribution >= 4 is 12.0 Å². The van der Waals surface area contributed by atoms with Gasteiger partial charge in [0.1, 0.15) is 0 Å². The summed E-state index contributed by atoms with van der Waals surface area (Å²) < 4.78 is 0. The Balaban J connectivity index is 2.08. The van der Waals surface area contributed by atoms with Crippen molar-refractivity contribution in [1.29, 1.82) is 0 Å². The number of nitrogens with one attached hydrogen (secondary N) is 1. The van der Waals surface area contributed by atoms with Gasteiger partial charge < -0.3 is 16.2 Å². The monoisotopic (exact) mass is 212 g/mol. The first-order valence-electron chi connectivity index (χ1n) is 5.29. The van der Waals surface area contributed by atoms with Gasteiger partial charge in [0.15, 0.2) is 0 Å². The highest BCUT2D eigenvalue weighted by Crippen LogP contribution is 2.71. The van der Waals surface area contributed by atoms with Gasteiger partial charge in [0.05, 0.1) is 5.41 Å². The summed E-state index contributed by atoms with van der Waals surface area (Å²) in [4.78, 5) is 21.9. The van der Waals surface area contributed by atoms with Crippen LogP contribution in [-0.4, -0.2) is 23.7 Å². The third-order valence-electron chi connectivity index (χ3n) is 4.10. The van der Waals surface area contributed by atoms with E-state index in [-0.39, 0.29) is 17.9 Å². The van der Waals surface area contributed by atoms with Gasteiger partial charge in [-0.3, -0.25) is 4.79 Å². The van der Waals surface area contributed by atoms with Gasteiger partial charge in [0, 0.05) is 6.54 Å². The Kier molecular flexibility index (Phi) is 2.13. The molecule has 84 valence electrons. The number of rotatable bonds is 3. The van der Waals surface area contributed by atoms with Crippen LogP contribution in [0, 0.1) is 10.8 Å².